The zero-order valence-corrected chi connectivity index (χ0v) is 42.5. The number of hydrogen-bond donors (Lipinski definition) is 2. The summed E-state index contributed by atoms with van der Waals surface area (Å²) in [6.07, 6.45) is 9.31. The Kier molecular flexibility index (Phi) is 15.5. The Morgan fingerprint density at radius 3 is 2.39 bits per heavy atom. The van der Waals surface area contributed by atoms with Gasteiger partial charge in [-0.05, 0) is 117 Å². The fourth-order valence-electron chi connectivity index (χ4n) is 8.02. The van der Waals surface area contributed by atoms with Gasteiger partial charge in [-0.25, -0.2) is 14.3 Å². The third-order valence-electron chi connectivity index (χ3n) is 11.7. The van der Waals surface area contributed by atoms with Gasteiger partial charge >= 0.3 is 5.69 Å². The quantitative estimate of drug-likeness (QED) is 0.0452. The molecular weight excluding hydrogens is 940 g/mol. The van der Waals surface area contributed by atoms with Gasteiger partial charge in [0, 0.05) is 83.0 Å². The molecule has 0 bridgehead atoms. The smallest absolute Gasteiger partial charge is 0.337 e. The summed E-state index contributed by atoms with van der Waals surface area (Å²) in [5.74, 6) is 2.25. The largest absolute Gasteiger partial charge is 0.494 e. The molecule has 6 aromatic rings. The first kappa shape index (κ1) is 48.5. The van der Waals surface area contributed by atoms with E-state index in [-0.39, 0.29) is 12.3 Å². The molecule has 0 atom stereocenters. The fourth-order valence-corrected chi connectivity index (χ4v) is 10.5. The minimum atomic E-state index is -2.78. The molecule has 4 heterocycles. The lowest BCUT2D eigenvalue weighted by Gasteiger charge is -2.38. The van der Waals surface area contributed by atoms with Gasteiger partial charge in [-0.1, -0.05) is 19.6 Å². The monoisotopic (exact) mass is 998 g/mol. The second kappa shape index (κ2) is 21.1. The van der Waals surface area contributed by atoms with Gasteiger partial charge in [0.05, 0.1) is 46.1 Å². The van der Waals surface area contributed by atoms with Crippen LogP contribution in [-0.2, 0) is 16.0 Å². The van der Waals surface area contributed by atoms with Crippen molar-refractivity contribution >= 4 is 76.3 Å². The molecule has 0 saturated carbocycles. The number of nitrogens with one attached hydrogen (secondary N) is 2. The summed E-state index contributed by atoms with van der Waals surface area (Å²) >= 11 is 3.58. The van der Waals surface area contributed by atoms with Gasteiger partial charge < -0.3 is 39.2 Å². The summed E-state index contributed by atoms with van der Waals surface area (Å²) < 4.78 is 34.4. The number of methoxy groups -OCH3 is 1. The molecule has 0 unspecified atom stereocenters. The van der Waals surface area contributed by atoms with Crippen LogP contribution in [0.3, 0.4) is 0 Å². The van der Waals surface area contributed by atoms with Crippen LogP contribution < -0.4 is 41.6 Å². The van der Waals surface area contributed by atoms with Crippen molar-refractivity contribution in [3.8, 4) is 17.2 Å². The maximum absolute atomic E-state index is 13.5. The topological polar surface area (TPSA) is 171 Å². The van der Waals surface area contributed by atoms with E-state index in [0.717, 1.165) is 72.2 Å². The molecule has 66 heavy (non-hydrogen) atoms. The van der Waals surface area contributed by atoms with Crippen molar-refractivity contribution in [1.82, 2.24) is 34.0 Å². The number of aromatic nitrogens is 6. The molecule has 350 valence electrons. The van der Waals surface area contributed by atoms with E-state index in [1.807, 2.05) is 36.4 Å². The van der Waals surface area contributed by atoms with Crippen molar-refractivity contribution in [2.45, 2.75) is 64.6 Å². The Hall–Kier alpha value is -5.39. The molecule has 1 aliphatic heterocycles. The first-order valence-electron chi connectivity index (χ1n) is 22.1. The summed E-state index contributed by atoms with van der Waals surface area (Å²) in [7, 11) is -0.217. The van der Waals surface area contributed by atoms with Crippen LogP contribution in [0.15, 0.2) is 93.4 Å². The number of anilines is 5. The minimum absolute atomic E-state index is 0.0660. The molecule has 0 amide bonds. The highest BCUT2D eigenvalue weighted by Gasteiger charge is 2.26. The molecule has 19 heteroatoms. The van der Waals surface area contributed by atoms with E-state index in [0.29, 0.717) is 69.0 Å². The molecule has 0 spiro atoms. The number of piperidine rings is 1. The number of ether oxygens (including phenoxy) is 3. The van der Waals surface area contributed by atoms with E-state index in [1.54, 1.807) is 39.0 Å². The lowest BCUT2D eigenvalue weighted by atomic mass is 10.0. The molecular formula is C47H60BrN10O6PSi. The summed E-state index contributed by atoms with van der Waals surface area (Å²) in [5.41, 5.74) is 4.68. The van der Waals surface area contributed by atoms with Gasteiger partial charge in [-0.15, -0.1) is 0 Å². The summed E-state index contributed by atoms with van der Waals surface area (Å²) in [4.78, 5) is 48.7. The third-order valence-corrected chi connectivity index (χ3v) is 15.5. The maximum atomic E-state index is 13.5. The van der Waals surface area contributed by atoms with Crippen molar-refractivity contribution in [2.24, 2.45) is 0 Å². The van der Waals surface area contributed by atoms with Crippen molar-refractivity contribution in [2.75, 3.05) is 75.9 Å². The van der Waals surface area contributed by atoms with Gasteiger partial charge in [0.25, 0.3) is 5.56 Å². The van der Waals surface area contributed by atoms with Gasteiger partial charge in [-0.3, -0.25) is 19.3 Å². The number of benzene rings is 3. The van der Waals surface area contributed by atoms with E-state index < -0.39 is 20.9 Å². The number of hydrogen-bond acceptors (Lipinski definition) is 14. The van der Waals surface area contributed by atoms with E-state index in [1.165, 1.54) is 16.8 Å². The molecule has 2 N–H and O–H groups in total. The van der Waals surface area contributed by atoms with E-state index in [4.69, 9.17) is 19.2 Å². The number of fused-ring (bicyclic) bond motifs is 1. The van der Waals surface area contributed by atoms with Crippen molar-refractivity contribution in [3.63, 3.8) is 0 Å². The highest BCUT2D eigenvalue weighted by molar-refractivity contribution is 9.10. The molecule has 7 rings (SSSR count). The van der Waals surface area contributed by atoms with Crippen LogP contribution in [0.1, 0.15) is 24.8 Å². The average molecular weight is 1000 g/mol. The van der Waals surface area contributed by atoms with Crippen molar-refractivity contribution in [3.05, 3.63) is 110 Å². The Morgan fingerprint density at radius 2 is 1.68 bits per heavy atom. The van der Waals surface area contributed by atoms with E-state index in [9.17, 15) is 14.2 Å². The van der Waals surface area contributed by atoms with Crippen molar-refractivity contribution < 1.29 is 18.8 Å². The molecule has 3 aromatic heterocycles. The van der Waals surface area contributed by atoms with Crippen LogP contribution in [0.4, 0.5) is 28.8 Å². The van der Waals surface area contributed by atoms with Crippen LogP contribution in [-0.4, -0.2) is 108 Å². The first-order valence-corrected chi connectivity index (χ1v) is 29.2. The highest BCUT2D eigenvalue weighted by atomic mass is 79.9. The van der Waals surface area contributed by atoms with E-state index in [2.05, 4.69) is 97.1 Å². The first-order chi connectivity index (χ1) is 31.5. The van der Waals surface area contributed by atoms with Gasteiger partial charge in [0.15, 0.2) is 0 Å². The Balaban J connectivity index is 0.902. The molecule has 16 nitrogen and oxygen atoms in total. The lowest BCUT2D eigenvalue weighted by Crippen LogP contribution is -2.44. The lowest BCUT2D eigenvalue weighted by molar-refractivity contribution is 0.0810. The van der Waals surface area contributed by atoms with E-state index >= 15 is 0 Å². The van der Waals surface area contributed by atoms with Crippen LogP contribution in [0, 0.1) is 6.92 Å². The fraction of sp³-hybridized carbons (Fsp3) is 0.404. The molecule has 0 aliphatic carbocycles. The SMILES string of the molecule is COc1cc(N2CCC(N(C)CCCOc3ccc(-n4ccc(=O)n(COCC[Si](C)(C)C)c4=O)cc3)CC2)c(C)cc1Nc1ncc(Br)c(Nc2ccc3nccnc3c2P(C)(C)=O)n1. The van der Waals surface area contributed by atoms with Gasteiger partial charge in [0.2, 0.25) is 5.95 Å². The third kappa shape index (κ3) is 11.9. The Labute approximate surface area is 395 Å². The summed E-state index contributed by atoms with van der Waals surface area (Å²) in [6, 6.07) is 18.0. The van der Waals surface area contributed by atoms with Crippen LogP contribution >= 0.6 is 23.1 Å². The van der Waals surface area contributed by atoms with Gasteiger partial charge in [-0.2, -0.15) is 4.98 Å². The second-order valence-electron chi connectivity index (χ2n) is 18.2. The molecule has 1 saturated heterocycles. The van der Waals surface area contributed by atoms with Crippen LogP contribution in [0.25, 0.3) is 16.7 Å². The standard InChI is InChI=1S/C47H60BrN10O6PSi/c1-32-28-39(53-46-51-30-36(48)45(54-46)52-38-15-14-37-43(50-20-19-49-37)44(38)65(4,5)61)41(62-3)29-40(32)56-22-16-33(17-23-56)55(2)21-9-25-64-35-12-10-34(11-13-35)57-24-18-42(59)58(47(57)60)31-63-26-27-66(6,7)8/h10-15,18-20,24,28-30,33H,9,16-17,21-23,25-27,31H2,1-8H3,(H2,51,52,53,54). The van der Waals surface area contributed by atoms with Gasteiger partial charge in [0.1, 0.15) is 36.7 Å². The second-order valence-corrected chi connectivity index (χ2v) is 27.8. The Morgan fingerprint density at radius 1 is 0.939 bits per heavy atom. The summed E-state index contributed by atoms with van der Waals surface area (Å²) in [5, 5.41) is 7.33. The number of nitrogens with zero attached hydrogens (tertiary/aromatic N) is 8. The predicted octanol–water partition coefficient (Wildman–Crippen LogP) is 8.23. The zero-order chi connectivity index (χ0) is 47.2. The zero-order valence-electron chi connectivity index (χ0n) is 39.0. The number of halogens is 1. The van der Waals surface area contributed by atoms with Crippen LogP contribution in [0.5, 0.6) is 11.5 Å². The molecule has 3 aromatic carbocycles. The minimum Gasteiger partial charge on any atom is -0.494 e. The molecule has 1 aliphatic rings. The highest BCUT2D eigenvalue weighted by Crippen LogP contribution is 2.42. The van der Waals surface area contributed by atoms with Crippen molar-refractivity contribution in [1.29, 1.82) is 0 Å². The normalized spacial score (nSPS) is 13.6. The average Bonchev–Trinajstić information content (AvgIpc) is 3.28. The maximum Gasteiger partial charge on any atom is 0.337 e. The summed E-state index contributed by atoms with van der Waals surface area (Å²) in [6.45, 7) is 16.1. The number of aryl methyl sites for hydroxylation is 1. The molecule has 0 radical (unpaired) electrons. The van der Waals surface area contributed by atoms with Crippen LogP contribution in [0.2, 0.25) is 25.7 Å². The predicted molar refractivity (Wildman–Crippen MR) is 271 cm³/mol. The molecule has 1 fully saturated rings. The Bertz CT molecular complexity index is 2820. The number of rotatable bonds is 19.